The third kappa shape index (κ3) is 3.49. The van der Waals surface area contributed by atoms with Gasteiger partial charge in [-0.3, -0.25) is 4.79 Å². The second kappa shape index (κ2) is 6.08. The van der Waals surface area contributed by atoms with E-state index in [1.165, 1.54) is 12.8 Å². The van der Waals surface area contributed by atoms with E-state index in [0.29, 0.717) is 23.2 Å². The van der Waals surface area contributed by atoms with Gasteiger partial charge < -0.3 is 4.90 Å². The lowest BCUT2D eigenvalue weighted by atomic mass is 9.64. The third-order valence-electron chi connectivity index (χ3n) is 4.69. The zero-order valence-corrected chi connectivity index (χ0v) is 13.1. The van der Waals surface area contributed by atoms with Gasteiger partial charge in [-0.1, -0.05) is 27.7 Å². The molecule has 1 fully saturated rings. The maximum absolute atomic E-state index is 12.7. The molecule has 0 N–H and O–H groups in total. The van der Waals surface area contributed by atoms with Gasteiger partial charge in [0.15, 0.2) is 0 Å². The van der Waals surface area contributed by atoms with Gasteiger partial charge in [-0.25, -0.2) is 0 Å². The molecule has 0 heterocycles. The molecule has 0 aliphatic heterocycles. The number of carbonyl (C=O) groups excluding carboxylic acids is 1. The summed E-state index contributed by atoms with van der Waals surface area (Å²) in [5, 5.41) is 0. The van der Waals surface area contributed by atoms with E-state index < -0.39 is 0 Å². The fourth-order valence-electron chi connectivity index (χ4n) is 3.45. The summed E-state index contributed by atoms with van der Waals surface area (Å²) in [6.45, 7) is 15.0. The molecule has 0 spiro atoms. The van der Waals surface area contributed by atoms with Crippen molar-refractivity contribution in [2.75, 3.05) is 13.1 Å². The molecule has 1 aliphatic rings. The summed E-state index contributed by atoms with van der Waals surface area (Å²) in [6.07, 6.45) is 3.53. The summed E-state index contributed by atoms with van der Waals surface area (Å²) in [7, 11) is 0. The van der Waals surface area contributed by atoms with Crippen LogP contribution in [0.1, 0.15) is 60.8 Å². The van der Waals surface area contributed by atoms with Crippen molar-refractivity contribution in [2.24, 2.45) is 23.2 Å². The van der Waals surface area contributed by atoms with E-state index in [9.17, 15) is 4.79 Å². The Hall–Kier alpha value is -0.530. The molecular weight excluding hydrogens is 222 g/mol. The maximum atomic E-state index is 12.7. The number of amides is 1. The van der Waals surface area contributed by atoms with Gasteiger partial charge >= 0.3 is 0 Å². The van der Waals surface area contributed by atoms with Crippen LogP contribution in [-0.2, 0) is 4.79 Å². The van der Waals surface area contributed by atoms with Crippen LogP contribution in [0.25, 0.3) is 0 Å². The predicted molar refractivity (Wildman–Crippen MR) is 77.4 cm³/mol. The van der Waals surface area contributed by atoms with Crippen LogP contribution in [-0.4, -0.2) is 23.9 Å². The Balaban J connectivity index is 2.87. The second-order valence-electron chi connectivity index (χ2n) is 6.93. The van der Waals surface area contributed by atoms with Crippen molar-refractivity contribution in [2.45, 2.75) is 60.8 Å². The third-order valence-corrected chi connectivity index (χ3v) is 4.69. The summed E-state index contributed by atoms with van der Waals surface area (Å²) >= 11 is 0. The number of rotatable bonds is 4. The van der Waals surface area contributed by atoms with Gasteiger partial charge in [0, 0.05) is 19.0 Å². The van der Waals surface area contributed by atoms with Crippen LogP contribution in [0.3, 0.4) is 0 Å². The van der Waals surface area contributed by atoms with E-state index in [2.05, 4.69) is 41.5 Å². The van der Waals surface area contributed by atoms with Gasteiger partial charge in [-0.2, -0.15) is 0 Å². The standard InChI is InChI=1S/C16H31NO/c1-7-17(8-2)15(18)14-11-16(5,6)10-9-13(14)12(3)4/h12-14H,7-11H2,1-6H3. The highest BCUT2D eigenvalue weighted by Gasteiger charge is 2.40. The summed E-state index contributed by atoms with van der Waals surface area (Å²) in [5.74, 6) is 1.83. The lowest BCUT2D eigenvalue weighted by Crippen LogP contribution is -2.44. The van der Waals surface area contributed by atoms with E-state index in [1.54, 1.807) is 0 Å². The summed E-state index contributed by atoms with van der Waals surface area (Å²) in [5.41, 5.74) is 0.332. The molecule has 1 rings (SSSR count). The fraction of sp³-hybridized carbons (Fsp3) is 0.938. The van der Waals surface area contributed by atoms with Gasteiger partial charge in [0.2, 0.25) is 5.91 Å². The van der Waals surface area contributed by atoms with E-state index in [1.807, 2.05) is 4.90 Å². The van der Waals surface area contributed by atoms with Gasteiger partial charge in [0.05, 0.1) is 0 Å². The van der Waals surface area contributed by atoms with Crippen LogP contribution in [0.15, 0.2) is 0 Å². The second-order valence-corrected chi connectivity index (χ2v) is 6.93. The van der Waals surface area contributed by atoms with Gasteiger partial charge in [-0.15, -0.1) is 0 Å². The average Bonchev–Trinajstić information content (AvgIpc) is 2.28. The molecule has 0 saturated heterocycles. The Morgan fingerprint density at radius 1 is 1.28 bits per heavy atom. The topological polar surface area (TPSA) is 20.3 Å². The van der Waals surface area contributed by atoms with Crippen LogP contribution in [0, 0.1) is 23.2 Å². The van der Waals surface area contributed by atoms with Crippen molar-refractivity contribution in [3.8, 4) is 0 Å². The van der Waals surface area contributed by atoms with E-state index in [4.69, 9.17) is 0 Å². The van der Waals surface area contributed by atoms with Gasteiger partial charge in [0.25, 0.3) is 0 Å². The summed E-state index contributed by atoms with van der Waals surface area (Å²) in [4.78, 5) is 14.7. The molecule has 1 amide bonds. The fourth-order valence-corrected chi connectivity index (χ4v) is 3.45. The minimum Gasteiger partial charge on any atom is -0.343 e. The quantitative estimate of drug-likeness (QED) is 0.743. The Labute approximate surface area is 113 Å². The van der Waals surface area contributed by atoms with Crippen LogP contribution in [0.5, 0.6) is 0 Å². The molecule has 2 atom stereocenters. The summed E-state index contributed by atoms with van der Waals surface area (Å²) in [6, 6.07) is 0. The molecule has 1 saturated carbocycles. The largest absolute Gasteiger partial charge is 0.343 e. The Bertz CT molecular complexity index is 279. The van der Waals surface area contributed by atoms with Gasteiger partial charge in [0.1, 0.15) is 0 Å². The Kier molecular flexibility index (Phi) is 5.24. The van der Waals surface area contributed by atoms with E-state index in [-0.39, 0.29) is 5.92 Å². The molecule has 2 unspecified atom stereocenters. The van der Waals surface area contributed by atoms with Crippen LogP contribution in [0.2, 0.25) is 0 Å². The summed E-state index contributed by atoms with van der Waals surface area (Å²) < 4.78 is 0. The highest BCUT2D eigenvalue weighted by molar-refractivity contribution is 5.79. The molecule has 0 aromatic rings. The monoisotopic (exact) mass is 253 g/mol. The SMILES string of the molecule is CCN(CC)C(=O)C1CC(C)(C)CCC1C(C)C. The average molecular weight is 253 g/mol. The zero-order valence-electron chi connectivity index (χ0n) is 13.1. The molecule has 0 bridgehead atoms. The molecule has 0 aromatic heterocycles. The first-order valence-electron chi connectivity index (χ1n) is 7.61. The first kappa shape index (κ1) is 15.5. The maximum Gasteiger partial charge on any atom is 0.225 e. The van der Waals surface area contributed by atoms with Gasteiger partial charge in [-0.05, 0) is 50.4 Å². The lowest BCUT2D eigenvalue weighted by molar-refractivity contribution is -0.141. The molecule has 0 aromatic carbocycles. The lowest BCUT2D eigenvalue weighted by Gasteiger charge is -2.43. The molecule has 2 heteroatoms. The first-order chi connectivity index (χ1) is 8.32. The van der Waals surface area contributed by atoms with Crippen LogP contribution in [0.4, 0.5) is 0 Å². The number of nitrogens with zero attached hydrogens (tertiary/aromatic N) is 1. The zero-order chi connectivity index (χ0) is 13.9. The number of carbonyl (C=O) groups is 1. The molecular formula is C16H31NO. The van der Waals surface area contributed by atoms with Crippen molar-refractivity contribution < 1.29 is 4.79 Å². The van der Waals surface area contributed by atoms with Crippen molar-refractivity contribution in [3.63, 3.8) is 0 Å². The van der Waals surface area contributed by atoms with Crippen molar-refractivity contribution in [1.82, 2.24) is 4.90 Å². The first-order valence-corrected chi connectivity index (χ1v) is 7.61. The Morgan fingerprint density at radius 3 is 2.28 bits per heavy atom. The predicted octanol–water partition coefficient (Wildman–Crippen LogP) is 3.95. The Morgan fingerprint density at radius 2 is 1.83 bits per heavy atom. The van der Waals surface area contributed by atoms with E-state index >= 15 is 0 Å². The highest BCUT2D eigenvalue weighted by Crippen LogP contribution is 2.45. The van der Waals surface area contributed by atoms with Crippen molar-refractivity contribution in [1.29, 1.82) is 0 Å². The number of hydrogen-bond acceptors (Lipinski definition) is 1. The molecule has 1 aliphatic carbocycles. The minimum absolute atomic E-state index is 0.244. The van der Waals surface area contributed by atoms with Crippen LogP contribution < -0.4 is 0 Å². The highest BCUT2D eigenvalue weighted by atomic mass is 16.2. The molecule has 2 nitrogen and oxygen atoms in total. The normalized spacial score (nSPS) is 27.3. The minimum atomic E-state index is 0.244. The van der Waals surface area contributed by atoms with E-state index in [0.717, 1.165) is 19.5 Å². The van der Waals surface area contributed by atoms with Crippen molar-refractivity contribution >= 4 is 5.91 Å². The van der Waals surface area contributed by atoms with Crippen molar-refractivity contribution in [3.05, 3.63) is 0 Å². The molecule has 0 radical (unpaired) electrons. The van der Waals surface area contributed by atoms with Crippen LogP contribution >= 0.6 is 0 Å². The number of hydrogen-bond donors (Lipinski definition) is 0. The molecule has 18 heavy (non-hydrogen) atoms. The smallest absolute Gasteiger partial charge is 0.225 e. The molecule has 106 valence electrons.